The molecule has 0 radical (unpaired) electrons. The minimum Gasteiger partial charge on any atom is -0.312 e. The van der Waals surface area contributed by atoms with Crippen LogP contribution in [0.2, 0.25) is 0 Å². The number of nitrogens with one attached hydrogen (secondary N) is 1. The summed E-state index contributed by atoms with van der Waals surface area (Å²) in [7, 11) is -1.73. The summed E-state index contributed by atoms with van der Waals surface area (Å²) in [6.07, 6.45) is 4.11. The van der Waals surface area contributed by atoms with Crippen LogP contribution >= 0.6 is 27.3 Å². The molecule has 0 atom stereocenters. The van der Waals surface area contributed by atoms with Crippen LogP contribution in [0.4, 0.5) is 0 Å². The third-order valence-corrected chi connectivity index (χ3v) is 7.31. The van der Waals surface area contributed by atoms with E-state index in [0.29, 0.717) is 21.8 Å². The molecule has 0 bridgehead atoms. The lowest BCUT2D eigenvalue weighted by atomic mass is 10.2. The maximum atomic E-state index is 12.6. The van der Waals surface area contributed by atoms with Crippen molar-refractivity contribution in [2.24, 2.45) is 0 Å². The van der Waals surface area contributed by atoms with Gasteiger partial charge >= 0.3 is 0 Å². The number of nitrogens with zero attached hydrogens (tertiary/aromatic N) is 1. The van der Waals surface area contributed by atoms with Crippen molar-refractivity contribution >= 4 is 37.3 Å². The molecule has 1 aromatic heterocycles. The summed E-state index contributed by atoms with van der Waals surface area (Å²) >= 11 is 4.88. The second-order valence-electron chi connectivity index (χ2n) is 5.06. The molecule has 1 N–H and O–H groups in total. The normalized spacial score (nSPS) is 12.2. The minimum absolute atomic E-state index is 0.389. The van der Waals surface area contributed by atoms with Crippen LogP contribution in [0.5, 0.6) is 0 Å². The molecule has 0 aliphatic carbocycles. The first-order chi connectivity index (χ1) is 9.93. The second-order valence-corrected chi connectivity index (χ2v) is 9.53. The highest BCUT2D eigenvalue weighted by molar-refractivity contribution is 9.11. The molecule has 1 rings (SSSR count). The number of hydrogen-bond donors (Lipinski definition) is 1. The Morgan fingerprint density at radius 1 is 1.29 bits per heavy atom. The first kappa shape index (κ1) is 19.1. The van der Waals surface area contributed by atoms with Gasteiger partial charge in [-0.05, 0) is 41.4 Å². The zero-order valence-corrected chi connectivity index (χ0v) is 16.2. The summed E-state index contributed by atoms with van der Waals surface area (Å²) in [6, 6.07) is 1.78. The monoisotopic (exact) mass is 396 g/mol. The van der Waals surface area contributed by atoms with Gasteiger partial charge in [-0.3, -0.25) is 0 Å². The Kier molecular flexibility index (Phi) is 8.41. The maximum absolute atomic E-state index is 12.6. The predicted molar refractivity (Wildman–Crippen MR) is 93.4 cm³/mol. The van der Waals surface area contributed by atoms with Gasteiger partial charge in [-0.25, -0.2) is 12.7 Å². The number of thiophene rings is 1. The molecule has 0 spiro atoms. The SMILES string of the molecule is CCCCCN(C)S(=O)(=O)c1cc(CNCCC)sc1Br. The Hall–Kier alpha value is 0.0500. The van der Waals surface area contributed by atoms with Crippen LogP contribution in [0.25, 0.3) is 0 Å². The Morgan fingerprint density at radius 2 is 2.00 bits per heavy atom. The molecule has 7 heteroatoms. The van der Waals surface area contributed by atoms with Gasteiger partial charge in [0.05, 0.1) is 3.79 Å². The number of hydrogen-bond acceptors (Lipinski definition) is 4. The van der Waals surface area contributed by atoms with E-state index in [1.807, 2.05) is 0 Å². The number of halogens is 1. The van der Waals surface area contributed by atoms with Crippen LogP contribution < -0.4 is 5.32 Å². The van der Waals surface area contributed by atoms with E-state index in [4.69, 9.17) is 0 Å². The summed E-state index contributed by atoms with van der Waals surface area (Å²) in [5.74, 6) is 0. The average molecular weight is 397 g/mol. The fraction of sp³-hybridized carbons (Fsp3) is 0.714. The predicted octanol–water partition coefficient (Wildman–Crippen LogP) is 3.82. The molecular formula is C14H25BrN2O2S2. The fourth-order valence-corrected chi connectivity index (χ4v) is 5.73. The van der Waals surface area contributed by atoms with Crippen LogP contribution in [-0.2, 0) is 16.6 Å². The van der Waals surface area contributed by atoms with E-state index in [1.165, 1.54) is 15.6 Å². The van der Waals surface area contributed by atoms with Gasteiger partial charge in [0, 0.05) is 25.0 Å². The van der Waals surface area contributed by atoms with Crippen molar-refractivity contribution in [2.75, 3.05) is 20.1 Å². The first-order valence-electron chi connectivity index (χ1n) is 7.38. The summed E-state index contributed by atoms with van der Waals surface area (Å²) in [5.41, 5.74) is 0. The van der Waals surface area contributed by atoms with E-state index >= 15 is 0 Å². The molecule has 0 aliphatic rings. The summed E-state index contributed by atoms with van der Waals surface area (Å²) in [4.78, 5) is 1.43. The zero-order valence-electron chi connectivity index (χ0n) is 13.0. The van der Waals surface area contributed by atoms with Gasteiger partial charge in [-0.15, -0.1) is 11.3 Å². The van der Waals surface area contributed by atoms with Crippen molar-refractivity contribution in [3.05, 3.63) is 14.7 Å². The summed E-state index contributed by atoms with van der Waals surface area (Å²) in [5, 5.41) is 3.30. The van der Waals surface area contributed by atoms with E-state index in [0.717, 1.165) is 37.1 Å². The van der Waals surface area contributed by atoms with Crippen LogP contribution in [-0.4, -0.2) is 32.9 Å². The third-order valence-electron chi connectivity index (χ3n) is 3.20. The molecule has 0 amide bonds. The van der Waals surface area contributed by atoms with E-state index in [-0.39, 0.29) is 0 Å². The van der Waals surface area contributed by atoms with Crippen LogP contribution in [0, 0.1) is 0 Å². The third kappa shape index (κ3) is 5.63. The molecule has 1 heterocycles. The van der Waals surface area contributed by atoms with Crippen molar-refractivity contribution in [2.45, 2.75) is 51.0 Å². The lowest BCUT2D eigenvalue weighted by Crippen LogP contribution is -2.27. The molecule has 0 aliphatic heterocycles. The van der Waals surface area contributed by atoms with Gasteiger partial charge in [-0.1, -0.05) is 26.7 Å². The Bertz CT molecular complexity index is 529. The minimum atomic E-state index is -3.39. The Morgan fingerprint density at radius 3 is 2.62 bits per heavy atom. The smallest absolute Gasteiger partial charge is 0.244 e. The van der Waals surface area contributed by atoms with Crippen LogP contribution in [0.3, 0.4) is 0 Å². The van der Waals surface area contributed by atoms with Crippen molar-refractivity contribution in [1.82, 2.24) is 9.62 Å². The van der Waals surface area contributed by atoms with Gasteiger partial charge in [0.2, 0.25) is 10.0 Å². The topological polar surface area (TPSA) is 49.4 Å². The number of sulfonamides is 1. The van der Waals surface area contributed by atoms with E-state index in [9.17, 15) is 8.42 Å². The molecular weight excluding hydrogens is 372 g/mol. The zero-order chi connectivity index (χ0) is 15.9. The molecule has 0 saturated carbocycles. The van der Waals surface area contributed by atoms with Crippen molar-refractivity contribution in [3.63, 3.8) is 0 Å². The van der Waals surface area contributed by atoms with E-state index in [1.54, 1.807) is 13.1 Å². The van der Waals surface area contributed by atoms with Crippen molar-refractivity contribution in [1.29, 1.82) is 0 Å². The quantitative estimate of drug-likeness (QED) is 0.611. The van der Waals surface area contributed by atoms with E-state index in [2.05, 4.69) is 35.1 Å². The van der Waals surface area contributed by atoms with E-state index < -0.39 is 10.0 Å². The van der Waals surface area contributed by atoms with Gasteiger partial charge in [0.1, 0.15) is 4.90 Å². The maximum Gasteiger partial charge on any atom is 0.244 e. The van der Waals surface area contributed by atoms with Crippen molar-refractivity contribution in [3.8, 4) is 0 Å². The lowest BCUT2D eigenvalue weighted by molar-refractivity contribution is 0.454. The van der Waals surface area contributed by atoms with Gasteiger partial charge in [0.25, 0.3) is 0 Å². The molecule has 0 aromatic carbocycles. The molecule has 122 valence electrons. The average Bonchev–Trinajstić information content (AvgIpc) is 2.81. The standard InChI is InChI=1S/C14H25BrN2O2S2/c1-4-6-7-9-17(3)21(18,19)13-10-12(20-14(13)15)11-16-8-5-2/h10,16H,4-9,11H2,1-3H3. The molecule has 4 nitrogen and oxygen atoms in total. The van der Waals surface area contributed by atoms with Gasteiger partial charge in [0.15, 0.2) is 0 Å². The summed E-state index contributed by atoms with van der Waals surface area (Å²) in [6.45, 7) is 6.45. The largest absolute Gasteiger partial charge is 0.312 e. The molecule has 0 unspecified atom stereocenters. The number of rotatable bonds is 10. The molecule has 0 saturated heterocycles. The van der Waals surface area contributed by atoms with Crippen LogP contribution in [0.15, 0.2) is 14.7 Å². The van der Waals surface area contributed by atoms with Gasteiger partial charge in [-0.2, -0.15) is 0 Å². The lowest BCUT2D eigenvalue weighted by Gasteiger charge is -2.16. The van der Waals surface area contributed by atoms with Crippen molar-refractivity contribution < 1.29 is 8.42 Å². The highest BCUT2D eigenvalue weighted by atomic mass is 79.9. The highest BCUT2D eigenvalue weighted by Crippen LogP contribution is 2.33. The second kappa shape index (κ2) is 9.25. The fourth-order valence-electron chi connectivity index (χ4n) is 1.92. The Labute approximate surface area is 141 Å². The highest BCUT2D eigenvalue weighted by Gasteiger charge is 2.25. The Balaban J connectivity index is 2.78. The molecule has 0 fully saturated rings. The first-order valence-corrected chi connectivity index (χ1v) is 10.4. The molecule has 1 aromatic rings. The number of unbranched alkanes of at least 4 members (excludes halogenated alkanes) is 2. The summed E-state index contributed by atoms with van der Waals surface area (Å²) < 4.78 is 27.3. The van der Waals surface area contributed by atoms with Crippen LogP contribution in [0.1, 0.15) is 44.4 Å². The van der Waals surface area contributed by atoms with Gasteiger partial charge < -0.3 is 5.32 Å². The molecule has 21 heavy (non-hydrogen) atoms.